The second kappa shape index (κ2) is 12.3. The van der Waals surface area contributed by atoms with Crippen LogP contribution in [0, 0.1) is 0 Å². The number of hydrogen-bond acceptors (Lipinski definition) is 8. The molecule has 1 unspecified atom stereocenters. The molecule has 0 spiro atoms. The number of likely N-dealkylation sites (N-methyl/N-ethyl adjacent to an activating group) is 1. The molecule has 10 nitrogen and oxygen atoms in total. The van der Waals surface area contributed by atoms with Crippen LogP contribution in [0.5, 0.6) is 5.75 Å². The Hall–Kier alpha value is -2.54. The molecule has 2 aliphatic rings. The first-order valence-corrected chi connectivity index (χ1v) is 14.0. The topological polar surface area (TPSA) is 123 Å². The van der Waals surface area contributed by atoms with Crippen molar-refractivity contribution in [2.45, 2.75) is 30.0 Å². The Labute approximate surface area is 218 Å². The van der Waals surface area contributed by atoms with E-state index >= 15 is 0 Å². The van der Waals surface area contributed by atoms with E-state index in [1.165, 1.54) is 27.6 Å². The first kappa shape index (κ1) is 27.5. The van der Waals surface area contributed by atoms with Gasteiger partial charge in [0.2, 0.25) is 10.0 Å². The Morgan fingerprint density at radius 3 is 2.62 bits per heavy atom. The molecular formula is C26H36N4O6S. The lowest BCUT2D eigenvalue weighted by molar-refractivity contribution is -0.123. The smallest absolute Gasteiger partial charge is 0.258 e. The normalized spacial score (nSPS) is 20.2. The third kappa shape index (κ3) is 6.86. The first-order chi connectivity index (χ1) is 17.8. The van der Waals surface area contributed by atoms with Crippen LogP contribution < -0.4 is 10.1 Å². The van der Waals surface area contributed by atoms with Gasteiger partial charge in [-0.05, 0) is 36.7 Å². The number of nitrogens with zero attached hydrogens (tertiary/aromatic N) is 3. The summed E-state index contributed by atoms with van der Waals surface area (Å²) in [7, 11) is -2.03. The van der Waals surface area contributed by atoms with Gasteiger partial charge in [-0.25, -0.2) is 8.42 Å². The van der Waals surface area contributed by atoms with Crippen LogP contribution in [0.2, 0.25) is 0 Å². The van der Waals surface area contributed by atoms with Crippen LogP contribution >= 0.6 is 0 Å². The lowest BCUT2D eigenvalue weighted by Gasteiger charge is -2.37. The summed E-state index contributed by atoms with van der Waals surface area (Å²) in [5.74, 6) is -0.361. The van der Waals surface area contributed by atoms with E-state index in [1.54, 1.807) is 12.1 Å². The maximum absolute atomic E-state index is 13.3. The molecule has 2 atom stereocenters. The zero-order chi connectivity index (χ0) is 26.4. The summed E-state index contributed by atoms with van der Waals surface area (Å²) >= 11 is 0. The number of fused-ring (bicyclic) bond motifs is 1. The van der Waals surface area contributed by atoms with Crippen LogP contribution in [0.1, 0.15) is 11.1 Å². The Balaban J connectivity index is 1.27. The summed E-state index contributed by atoms with van der Waals surface area (Å²) in [5, 5.41) is 22.7. The zero-order valence-corrected chi connectivity index (χ0v) is 21.9. The van der Waals surface area contributed by atoms with Gasteiger partial charge in [-0.2, -0.15) is 4.31 Å². The van der Waals surface area contributed by atoms with E-state index in [-0.39, 0.29) is 43.0 Å². The molecule has 2 aliphatic heterocycles. The van der Waals surface area contributed by atoms with Crippen molar-refractivity contribution in [3.8, 4) is 5.75 Å². The average molecular weight is 533 g/mol. The van der Waals surface area contributed by atoms with Crippen LogP contribution in [-0.4, -0.2) is 110 Å². The largest absolute Gasteiger partial charge is 0.482 e. The molecule has 0 saturated carbocycles. The highest BCUT2D eigenvalue weighted by atomic mass is 32.2. The monoisotopic (exact) mass is 532 g/mol. The number of benzene rings is 2. The summed E-state index contributed by atoms with van der Waals surface area (Å²) in [6.07, 6.45) is 0.193. The molecule has 0 radical (unpaired) electrons. The van der Waals surface area contributed by atoms with Crippen LogP contribution in [0.25, 0.3) is 0 Å². The Morgan fingerprint density at radius 2 is 1.84 bits per heavy atom. The molecule has 4 rings (SSSR count). The molecule has 37 heavy (non-hydrogen) atoms. The van der Waals surface area contributed by atoms with Crippen LogP contribution in [0.4, 0.5) is 0 Å². The van der Waals surface area contributed by atoms with E-state index in [0.29, 0.717) is 19.6 Å². The van der Waals surface area contributed by atoms with E-state index in [9.17, 15) is 23.4 Å². The number of amides is 1. The maximum atomic E-state index is 13.3. The Bertz CT molecular complexity index is 1180. The van der Waals surface area contributed by atoms with Crippen molar-refractivity contribution in [1.29, 1.82) is 0 Å². The van der Waals surface area contributed by atoms with E-state index < -0.39 is 22.0 Å². The molecule has 3 N–H and O–H groups in total. The lowest BCUT2D eigenvalue weighted by Crippen LogP contribution is -2.54. The van der Waals surface area contributed by atoms with Crippen molar-refractivity contribution in [2.24, 2.45) is 0 Å². The Kier molecular flexibility index (Phi) is 9.17. The van der Waals surface area contributed by atoms with Gasteiger partial charge in [0, 0.05) is 51.9 Å². The molecule has 11 heteroatoms. The minimum atomic E-state index is -3.88. The van der Waals surface area contributed by atoms with Gasteiger partial charge in [-0.3, -0.25) is 14.6 Å². The van der Waals surface area contributed by atoms with Gasteiger partial charge < -0.3 is 20.3 Å². The molecule has 1 saturated heterocycles. The minimum Gasteiger partial charge on any atom is -0.482 e. The number of ether oxygens (including phenoxy) is 1. The van der Waals surface area contributed by atoms with Gasteiger partial charge >= 0.3 is 0 Å². The fourth-order valence-corrected chi connectivity index (χ4v) is 6.35. The van der Waals surface area contributed by atoms with Crippen LogP contribution in [-0.2, 0) is 27.8 Å². The van der Waals surface area contributed by atoms with Crippen LogP contribution in [0.15, 0.2) is 53.4 Å². The highest BCUT2D eigenvalue weighted by Crippen LogP contribution is 2.28. The van der Waals surface area contributed by atoms with Gasteiger partial charge in [0.1, 0.15) is 10.6 Å². The first-order valence-electron chi connectivity index (χ1n) is 12.5. The van der Waals surface area contributed by atoms with E-state index in [0.717, 1.165) is 19.5 Å². The number of β-amino-alcohol motifs (C(OH)–C–C–N with tert-alkyl or cyclic N) is 1. The summed E-state index contributed by atoms with van der Waals surface area (Å²) in [4.78, 5) is 16.5. The second-order valence-corrected chi connectivity index (χ2v) is 11.5. The summed E-state index contributed by atoms with van der Waals surface area (Å²) < 4.78 is 33.6. The molecule has 2 aromatic carbocycles. The van der Waals surface area contributed by atoms with Crippen molar-refractivity contribution >= 4 is 15.9 Å². The number of aliphatic hydroxyl groups is 2. The van der Waals surface area contributed by atoms with Gasteiger partial charge in [-0.1, -0.05) is 36.4 Å². The molecule has 1 fully saturated rings. The molecule has 2 heterocycles. The SMILES string of the molecule is CN1CCN(S(=O)(=O)c2ccccc2OCC(=O)NC[C@@H](O)CN2CCc3ccccc3C2)CC1CO. The summed E-state index contributed by atoms with van der Waals surface area (Å²) in [5.41, 5.74) is 2.59. The summed E-state index contributed by atoms with van der Waals surface area (Å²) in [6, 6.07) is 14.2. The third-order valence-corrected chi connectivity index (χ3v) is 8.89. The molecule has 0 bridgehead atoms. The predicted octanol–water partition coefficient (Wildman–Crippen LogP) is -0.102. The van der Waals surface area contributed by atoms with Gasteiger partial charge in [-0.15, -0.1) is 0 Å². The number of hydrogen-bond donors (Lipinski definition) is 3. The van der Waals surface area contributed by atoms with Gasteiger partial charge in [0.25, 0.3) is 5.91 Å². The predicted molar refractivity (Wildman–Crippen MR) is 139 cm³/mol. The second-order valence-electron chi connectivity index (χ2n) is 9.63. The van der Waals surface area contributed by atoms with Gasteiger partial charge in [0.15, 0.2) is 6.61 Å². The standard InChI is InChI=1S/C26H36N4O6S/c1-28-12-13-30(16-22(28)18-31)37(34,35)25-9-5-4-8-24(25)36-19-26(33)27-14-23(32)17-29-11-10-20-6-2-3-7-21(20)15-29/h2-9,22-23,31-32H,10-19H2,1H3,(H,27,33)/t22?,23-/m1/s1. The van der Waals surface area contributed by atoms with Crippen molar-refractivity contribution in [1.82, 2.24) is 19.4 Å². The van der Waals surface area contributed by atoms with Crippen LogP contribution in [0.3, 0.4) is 0 Å². The van der Waals surface area contributed by atoms with E-state index in [4.69, 9.17) is 4.74 Å². The highest BCUT2D eigenvalue weighted by molar-refractivity contribution is 7.89. The molecule has 0 aromatic heterocycles. The molecule has 1 amide bonds. The third-order valence-electron chi connectivity index (χ3n) is 6.99. The minimum absolute atomic E-state index is 0.0190. The fourth-order valence-electron chi connectivity index (χ4n) is 4.75. The Morgan fingerprint density at radius 1 is 1.11 bits per heavy atom. The molecule has 202 valence electrons. The van der Waals surface area contributed by atoms with E-state index in [1.807, 2.05) is 24.1 Å². The molecule has 2 aromatic rings. The number of para-hydroxylation sites is 1. The number of aliphatic hydroxyl groups excluding tert-OH is 2. The number of rotatable bonds is 10. The average Bonchev–Trinajstić information content (AvgIpc) is 2.91. The van der Waals surface area contributed by atoms with Crippen molar-refractivity contribution in [3.05, 3.63) is 59.7 Å². The van der Waals surface area contributed by atoms with Gasteiger partial charge in [0.05, 0.1) is 12.7 Å². The van der Waals surface area contributed by atoms with Crippen molar-refractivity contribution < 1.29 is 28.2 Å². The van der Waals surface area contributed by atoms with Crippen molar-refractivity contribution in [2.75, 3.05) is 59.5 Å². The molecule has 0 aliphatic carbocycles. The highest BCUT2D eigenvalue weighted by Gasteiger charge is 2.34. The quantitative estimate of drug-likeness (QED) is 0.388. The number of piperazine rings is 1. The fraction of sp³-hybridized carbons (Fsp3) is 0.500. The maximum Gasteiger partial charge on any atom is 0.258 e. The van der Waals surface area contributed by atoms with Crippen molar-refractivity contribution in [3.63, 3.8) is 0 Å². The lowest BCUT2D eigenvalue weighted by atomic mass is 10.00. The number of nitrogens with one attached hydrogen (secondary N) is 1. The number of carbonyl (C=O) groups excluding carboxylic acids is 1. The summed E-state index contributed by atoms with van der Waals surface area (Å²) in [6.45, 7) is 2.58. The number of carbonyl (C=O) groups is 1. The van der Waals surface area contributed by atoms with E-state index in [2.05, 4.69) is 22.3 Å². The number of sulfonamides is 1. The zero-order valence-electron chi connectivity index (χ0n) is 21.1. The molecular weight excluding hydrogens is 496 g/mol.